The summed E-state index contributed by atoms with van der Waals surface area (Å²) in [5.41, 5.74) is -0.215. The van der Waals surface area contributed by atoms with Crippen LogP contribution in [-0.2, 0) is 9.53 Å². The van der Waals surface area contributed by atoms with Crippen molar-refractivity contribution in [3.05, 3.63) is 65.5 Å². The van der Waals surface area contributed by atoms with Crippen LogP contribution in [0.1, 0.15) is 23.2 Å². The fourth-order valence-corrected chi connectivity index (χ4v) is 4.23. The number of halogens is 3. The van der Waals surface area contributed by atoms with Crippen molar-refractivity contribution in [3.8, 4) is 5.75 Å². The van der Waals surface area contributed by atoms with Crippen LogP contribution in [0.2, 0.25) is 0 Å². The van der Waals surface area contributed by atoms with Crippen molar-refractivity contribution < 1.29 is 32.2 Å². The molecule has 2 saturated heterocycles. The first-order valence-electron chi connectivity index (χ1n) is 10.9. The van der Waals surface area contributed by atoms with Crippen LogP contribution in [0.25, 0.3) is 0 Å². The molecule has 0 saturated carbocycles. The molecule has 2 fully saturated rings. The Morgan fingerprint density at radius 1 is 0.939 bits per heavy atom. The minimum atomic E-state index is -0.925. The molecule has 0 N–H and O–H groups in total. The molecule has 176 valence electrons. The Morgan fingerprint density at radius 3 is 2.33 bits per heavy atom. The molecular formula is C24H25F3N2O4. The highest BCUT2D eigenvalue weighted by molar-refractivity contribution is 5.94. The van der Waals surface area contributed by atoms with Gasteiger partial charge in [0, 0.05) is 51.0 Å². The summed E-state index contributed by atoms with van der Waals surface area (Å²) in [5, 5.41) is 0. The third-order valence-electron chi connectivity index (χ3n) is 6.01. The Kier molecular flexibility index (Phi) is 7.17. The normalized spacial score (nSPS) is 21.1. The zero-order valence-electron chi connectivity index (χ0n) is 18.0. The zero-order chi connectivity index (χ0) is 23.4. The maximum absolute atomic E-state index is 14.2. The molecule has 0 unspecified atom stereocenters. The summed E-state index contributed by atoms with van der Waals surface area (Å²) in [6, 6.07) is 8.46. The van der Waals surface area contributed by atoms with E-state index in [1.165, 1.54) is 29.2 Å². The highest BCUT2D eigenvalue weighted by Gasteiger charge is 2.36. The first kappa shape index (κ1) is 23.1. The molecule has 2 amide bonds. The van der Waals surface area contributed by atoms with E-state index in [1.807, 2.05) is 0 Å². The first-order chi connectivity index (χ1) is 15.9. The fraction of sp³-hybridized carbons (Fsp3) is 0.417. The number of ether oxygens (including phenoxy) is 2. The summed E-state index contributed by atoms with van der Waals surface area (Å²) < 4.78 is 52.1. The number of hydrogen-bond donors (Lipinski definition) is 0. The second kappa shape index (κ2) is 10.2. The van der Waals surface area contributed by atoms with Gasteiger partial charge in [0.15, 0.2) is 0 Å². The number of likely N-dealkylation sites (tertiary alicyclic amines) is 1. The molecule has 4 rings (SSSR count). The number of benzene rings is 2. The molecule has 2 aliphatic heterocycles. The van der Waals surface area contributed by atoms with Gasteiger partial charge in [0.1, 0.15) is 29.3 Å². The molecule has 2 heterocycles. The molecule has 2 aromatic rings. The van der Waals surface area contributed by atoms with Gasteiger partial charge in [-0.15, -0.1) is 0 Å². The lowest BCUT2D eigenvalue weighted by molar-refractivity contribution is -0.137. The molecule has 0 radical (unpaired) electrons. The number of amides is 2. The minimum absolute atomic E-state index is 0.0710. The van der Waals surface area contributed by atoms with E-state index in [0.717, 1.165) is 12.1 Å². The van der Waals surface area contributed by atoms with Crippen LogP contribution in [-0.4, -0.2) is 67.1 Å². The first-order valence-corrected chi connectivity index (χ1v) is 10.9. The molecule has 0 aromatic heterocycles. The Morgan fingerprint density at radius 2 is 1.64 bits per heavy atom. The van der Waals surface area contributed by atoms with Gasteiger partial charge in [0.05, 0.1) is 18.8 Å². The summed E-state index contributed by atoms with van der Waals surface area (Å²) in [6.07, 6.45) is 0.164. The van der Waals surface area contributed by atoms with Gasteiger partial charge >= 0.3 is 0 Å². The third kappa shape index (κ3) is 5.65. The van der Waals surface area contributed by atoms with Gasteiger partial charge < -0.3 is 19.3 Å². The van der Waals surface area contributed by atoms with Crippen molar-refractivity contribution in [1.82, 2.24) is 9.80 Å². The summed E-state index contributed by atoms with van der Waals surface area (Å²) in [4.78, 5) is 29.0. The van der Waals surface area contributed by atoms with E-state index in [4.69, 9.17) is 9.47 Å². The Labute approximate surface area is 189 Å². The highest BCUT2D eigenvalue weighted by atomic mass is 19.1. The van der Waals surface area contributed by atoms with E-state index >= 15 is 0 Å². The molecule has 6 nitrogen and oxygen atoms in total. The summed E-state index contributed by atoms with van der Waals surface area (Å²) in [6.45, 7) is 2.40. The van der Waals surface area contributed by atoms with Crippen molar-refractivity contribution in [2.45, 2.75) is 18.9 Å². The van der Waals surface area contributed by atoms with Crippen molar-refractivity contribution in [1.29, 1.82) is 0 Å². The van der Waals surface area contributed by atoms with Crippen LogP contribution in [0.15, 0.2) is 42.5 Å². The number of morpholine rings is 1. The van der Waals surface area contributed by atoms with E-state index < -0.39 is 17.5 Å². The SMILES string of the molecule is O=C(C[C@H]1CN(C(=O)c2ccc(F)cc2F)CC[C@@H]1Oc1ccc(F)cc1)N1CCOCC1. The van der Waals surface area contributed by atoms with Crippen LogP contribution in [0.5, 0.6) is 5.75 Å². The van der Waals surface area contributed by atoms with Gasteiger partial charge in [0.2, 0.25) is 5.91 Å². The van der Waals surface area contributed by atoms with Crippen LogP contribution in [0.3, 0.4) is 0 Å². The number of rotatable bonds is 5. The van der Waals surface area contributed by atoms with E-state index in [1.54, 1.807) is 4.90 Å². The second-order valence-electron chi connectivity index (χ2n) is 8.23. The molecular weight excluding hydrogens is 437 g/mol. The Hall–Kier alpha value is -3.07. The van der Waals surface area contributed by atoms with Gasteiger partial charge in [-0.25, -0.2) is 13.2 Å². The highest BCUT2D eigenvalue weighted by Crippen LogP contribution is 2.28. The zero-order valence-corrected chi connectivity index (χ0v) is 18.0. The molecule has 0 spiro atoms. The quantitative estimate of drug-likeness (QED) is 0.685. The number of hydrogen-bond acceptors (Lipinski definition) is 4. The molecule has 2 aromatic carbocycles. The molecule has 0 aliphatic carbocycles. The van der Waals surface area contributed by atoms with Gasteiger partial charge in [-0.3, -0.25) is 9.59 Å². The number of nitrogens with zero attached hydrogens (tertiary/aromatic N) is 2. The summed E-state index contributed by atoms with van der Waals surface area (Å²) >= 11 is 0. The van der Waals surface area contributed by atoms with E-state index in [-0.39, 0.29) is 48.8 Å². The maximum Gasteiger partial charge on any atom is 0.256 e. The van der Waals surface area contributed by atoms with Gasteiger partial charge in [-0.2, -0.15) is 0 Å². The number of carbonyl (C=O) groups is 2. The Balaban J connectivity index is 1.50. The second-order valence-corrected chi connectivity index (χ2v) is 8.23. The average Bonchev–Trinajstić information content (AvgIpc) is 2.82. The van der Waals surface area contributed by atoms with Gasteiger partial charge in [-0.1, -0.05) is 0 Å². The van der Waals surface area contributed by atoms with E-state index in [0.29, 0.717) is 44.5 Å². The number of carbonyl (C=O) groups excluding carboxylic acids is 2. The topological polar surface area (TPSA) is 59.1 Å². The average molecular weight is 462 g/mol. The molecule has 0 bridgehead atoms. The Bertz CT molecular complexity index is 996. The van der Waals surface area contributed by atoms with Crippen molar-refractivity contribution >= 4 is 11.8 Å². The maximum atomic E-state index is 14.2. The van der Waals surface area contributed by atoms with Crippen LogP contribution >= 0.6 is 0 Å². The third-order valence-corrected chi connectivity index (χ3v) is 6.01. The van der Waals surface area contributed by atoms with E-state index in [9.17, 15) is 22.8 Å². The van der Waals surface area contributed by atoms with Crippen LogP contribution in [0.4, 0.5) is 13.2 Å². The predicted molar refractivity (Wildman–Crippen MR) is 113 cm³/mol. The fourth-order valence-electron chi connectivity index (χ4n) is 4.23. The smallest absolute Gasteiger partial charge is 0.256 e. The molecule has 2 aliphatic rings. The van der Waals surface area contributed by atoms with Crippen molar-refractivity contribution in [2.24, 2.45) is 5.92 Å². The number of piperidine rings is 1. The molecule has 33 heavy (non-hydrogen) atoms. The van der Waals surface area contributed by atoms with Crippen LogP contribution in [0, 0.1) is 23.4 Å². The largest absolute Gasteiger partial charge is 0.490 e. The molecule has 2 atom stereocenters. The summed E-state index contributed by atoms with van der Waals surface area (Å²) in [7, 11) is 0. The van der Waals surface area contributed by atoms with Crippen molar-refractivity contribution in [3.63, 3.8) is 0 Å². The lowest BCUT2D eigenvalue weighted by Gasteiger charge is -2.39. The standard InChI is InChI=1S/C24H25F3N2O4/c25-17-1-4-19(5-2-17)33-22-7-8-29(24(31)20-6-3-18(26)14-21(20)27)15-16(22)13-23(30)28-9-11-32-12-10-28/h1-6,14,16,22H,7-13,15H2/t16-,22-/m0/s1. The van der Waals surface area contributed by atoms with E-state index in [2.05, 4.69) is 0 Å². The lowest BCUT2D eigenvalue weighted by atomic mass is 9.90. The van der Waals surface area contributed by atoms with Crippen LogP contribution < -0.4 is 4.74 Å². The lowest BCUT2D eigenvalue weighted by Crippen LogP contribution is -2.50. The molecule has 9 heteroatoms. The predicted octanol–water partition coefficient (Wildman–Crippen LogP) is 3.26. The minimum Gasteiger partial charge on any atom is -0.490 e. The summed E-state index contributed by atoms with van der Waals surface area (Å²) in [5.74, 6) is -2.59. The van der Waals surface area contributed by atoms with Gasteiger partial charge in [-0.05, 0) is 36.4 Å². The monoisotopic (exact) mass is 462 g/mol. The van der Waals surface area contributed by atoms with Crippen molar-refractivity contribution in [2.75, 3.05) is 39.4 Å². The van der Waals surface area contributed by atoms with Gasteiger partial charge in [0.25, 0.3) is 5.91 Å².